The molecule has 0 bridgehead atoms. The number of carbonyl (C=O) groups is 2. The monoisotopic (exact) mass is 127 g/mol. The predicted octanol–water partition coefficient (Wildman–Crippen LogP) is -0.290. The van der Waals surface area contributed by atoms with E-state index < -0.39 is 5.91 Å². The van der Waals surface area contributed by atoms with Gasteiger partial charge in [-0.25, -0.2) is 0 Å². The van der Waals surface area contributed by atoms with E-state index in [1.807, 2.05) is 6.92 Å². The first-order valence-electron chi connectivity index (χ1n) is 2.97. The van der Waals surface area contributed by atoms with Gasteiger partial charge in [-0.2, -0.15) is 0 Å². The number of hydrogen-bond acceptors (Lipinski definition) is 2. The van der Waals surface area contributed by atoms with Crippen LogP contribution in [0.4, 0.5) is 0 Å². The van der Waals surface area contributed by atoms with Crippen molar-refractivity contribution in [1.29, 1.82) is 0 Å². The number of amides is 1. The van der Waals surface area contributed by atoms with E-state index >= 15 is 0 Å². The molecule has 2 atom stereocenters. The molecule has 1 aliphatic heterocycles. The third kappa shape index (κ3) is 0.823. The standard InChI is InChI=1S/C6H9NO2/c1-3-4(2)7-6(9)5(3)8/h3-4H,1-2H3,(H,7,9). The van der Waals surface area contributed by atoms with Gasteiger partial charge in [0.1, 0.15) is 0 Å². The minimum Gasteiger partial charge on any atom is -0.346 e. The van der Waals surface area contributed by atoms with Crippen molar-refractivity contribution in [2.75, 3.05) is 0 Å². The molecule has 0 radical (unpaired) electrons. The maximum Gasteiger partial charge on any atom is 0.287 e. The number of ketones is 1. The highest BCUT2D eigenvalue weighted by Crippen LogP contribution is 2.10. The Balaban J connectivity index is 2.77. The third-order valence-electron chi connectivity index (χ3n) is 1.75. The third-order valence-corrected chi connectivity index (χ3v) is 1.75. The summed E-state index contributed by atoms with van der Waals surface area (Å²) in [5, 5.41) is 2.53. The van der Waals surface area contributed by atoms with Crippen molar-refractivity contribution >= 4 is 11.7 Å². The summed E-state index contributed by atoms with van der Waals surface area (Å²) in [6, 6.07) is 0.0185. The molecule has 0 aromatic rings. The van der Waals surface area contributed by atoms with Gasteiger partial charge in [-0.3, -0.25) is 9.59 Å². The Morgan fingerprint density at radius 3 is 2.00 bits per heavy atom. The minimum atomic E-state index is -0.435. The lowest BCUT2D eigenvalue weighted by atomic mass is 10.0. The molecule has 3 nitrogen and oxygen atoms in total. The Hall–Kier alpha value is -0.860. The van der Waals surface area contributed by atoms with E-state index in [1.54, 1.807) is 6.92 Å². The van der Waals surface area contributed by atoms with Crippen molar-refractivity contribution in [2.24, 2.45) is 5.92 Å². The molecule has 0 saturated carbocycles. The zero-order valence-corrected chi connectivity index (χ0v) is 5.47. The molecule has 1 amide bonds. The lowest BCUT2D eigenvalue weighted by Gasteiger charge is -2.03. The molecule has 1 heterocycles. The maximum atomic E-state index is 10.7. The normalized spacial score (nSPS) is 34.9. The summed E-state index contributed by atoms with van der Waals surface area (Å²) in [5.74, 6) is -0.866. The lowest BCUT2D eigenvalue weighted by molar-refractivity contribution is -0.136. The van der Waals surface area contributed by atoms with Gasteiger partial charge in [0.05, 0.1) is 0 Å². The summed E-state index contributed by atoms with van der Waals surface area (Å²) in [4.78, 5) is 21.2. The first-order chi connectivity index (χ1) is 4.13. The topological polar surface area (TPSA) is 46.2 Å². The van der Waals surface area contributed by atoms with Crippen LogP contribution in [0.5, 0.6) is 0 Å². The number of hydrogen-bond donors (Lipinski definition) is 1. The average Bonchev–Trinajstić information content (AvgIpc) is 1.98. The van der Waals surface area contributed by atoms with Crippen LogP contribution in [0.3, 0.4) is 0 Å². The predicted molar refractivity (Wildman–Crippen MR) is 31.8 cm³/mol. The van der Waals surface area contributed by atoms with Crippen molar-refractivity contribution in [2.45, 2.75) is 19.9 Å². The molecular formula is C6H9NO2. The number of carbonyl (C=O) groups excluding carboxylic acids is 2. The molecule has 1 N–H and O–H groups in total. The van der Waals surface area contributed by atoms with E-state index in [0.29, 0.717) is 0 Å². The summed E-state index contributed by atoms with van der Waals surface area (Å²) < 4.78 is 0. The van der Waals surface area contributed by atoms with Crippen molar-refractivity contribution < 1.29 is 9.59 Å². The van der Waals surface area contributed by atoms with Gasteiger partial charge in [-0.1, -0.05) is 6.92 Å². The summed E-state index contributed by atoms with van der Waals surface area (Å²) in [7, 11) is 0. The number of rotatable bonds is 0. The van der Waals surface area contributed by atoms with Crippen LogP contribution in [0.15, 0.2) is 0 Å². The molecule has 0 aliphatic carbocycles. The summed E-state index contributed by atoms with van der Waals surface area (Å²) >= 11 is 0. The zero-order chi connectivity index (χ0) is 7.02. The Kier molecular flexibility index (Phi) is 1.27. The van der Waals surface area contributed by atoms with Crippen LogP contribution in [0.2, 0.25) is 0 Å². The van der Waals surface area contributed by atoms with Gasteiger partial charge in [0.2, 0.25) is 5.78 Å². The molecule has 1 rings (SSSR count). The highest BCUT2D eigenvalue weighted by atomic mass is 16.2. The van der Waals surface area contributed by atoms with E-state index in [9.17, 15) is 9.59 Å². The molecule has 50 valence electrons. The summed E-state index contributed by atoms with van der Waals surface area (Å²) in [6.45, 7) is 3.58. The Morgan fingerprint density at radius 2 is 1.89 bits per heavy atom. The highest BCUT2D eigenvalue weighted by molar-refractivity contribution is 6.39. The van der Waals surface area contributed by atoms with E-state index in [1.165, 1.54) is 0 Å². The Bertz CT molecular complexity index is 164. The molecule has 1 fully saturated rings. The summed E-state index contributed by atoms with van der Waals surface area (Å²) in [5.41, 5.74) is 0. The molecule has 9 heavy (non-hydrogen) atoms. The fourth-order valence-electron chi connectivity index (χ4n) is 0.837. The van der Waals surface area contributed by atoms with Gasteiger partial charge in [0.25, 0.3) is 5.91 Å². The smallest absolute Gasteiger partial charge is 0.287 e. The second kappa shape index (κ2) is 1.83. The van der Waals surface area contributed by atoms with E-state index in [-0.39, 0.29) is 17.7 Å². The maximum absolute atomic E-state index is 10.7. The van der Waals surface area contributed by atoms with E-state index in [0.717, 1.165) is 0 Å². The second-order valence-electron chi connectivity index (χ2n) is 2.42. The first kappa shape index (κ1) is 6.26. The van der Waals surface area contributed by atoms with Gasteiger partial charge in [0.15, 0.2) is 0 Å². The van der Waals surface area contributed by atoms with Crippen molar-refractivity contribution in [1.82, 2.24) is 5.32 Å². The van der Waals surface area contributed by atoms with Gasteiger partial charge >= 0.3 is 0 Å². The zero-order valence-electron chi connectivity index (χ0n) is 5.47. The van der Waals surface area contributed by atoms with Crippen LogP contribution in [-0.4, -0.2) is 17.7 Å². The fourth-order valence-corrected chi connectivity index (χ4v) is 0.837. The molecule has 3 heteroatoms. The van der Waals surface area contributed by atoms with Gasteiger partial charge in [-0.15, -0.1) is 0 Å². The SMILES string of the molecule is CC1NC(=O)C(=O)C1C. The van der Waals surface area contributed by atoms with E-state index in [4.69, 9.17) is 0 Å². The second-order valence-corrected chi connectivity index (χ2v) is 2.42. The molecule has 1 aliphatic rings. The summed E-state index contributed by atoms with van der Waals surface area (Å²) in [6.07, 6.45) is 0. The van der Waals surface area contributed by atoms with E-state index in [2.05, 4.69) is 5.32 Å². The van der Waals surface area contributed by atoms with Gasteiger partial charge in [0, 0.05) is 12.0 Å². The molecule has 1 saturated heterocycles. The van der Waals surface area contributed by atoms with Gasteiger partial charge < -0.3 is 5.32 Å². The first-order valence-corrected chi connectivity index (χ1v) is 2.97. The molecule has 0 aromatic heterocycles. The quantitative estimate of drug-likeness (QED) is 0.454. The van der Waals surface area contributed by atoms with Crippen LogP contribution in [0.1, 0.15) is 13.8 Å². The highest BCUT2D eigenvalue weighted by Gasteiger charge is 2.34. The van der Waals surface area contributed by atoms with Crippen LogP contribution in [0, 0.1) is 5.92 Å². The molecule has 2 unspecified atom stereocenters. The molecule has 0 spiro atoms. The van der Waals surface area contributed by atoms with Gasteiger partial charge in [-0.05, 0) is 6.92 Å². The fraction of sp³-hybridized carbons (Fsp3) is 0.667. The number of Topliss-reactive ketones (excluding diaryl/α,β-unsaturated/α-hetero) is 1. The minimum absolute atomic E-state index is 0.0185. The van der Waals surface area contributed by atoms with Crippen molar-refractivity contribution in [3.63, 3.8) is 0 Å². The largest absolute Gasteiger partial charge is 0.346 e. The average molecular weight is 127 g/mol. The Labute approximate surface area is 53.4 Å². The van der Waals surface area contributed by atoms with Crippen molar-refractivity contribution in [3.05, 3.63) is 0 Å². The molecule has 0 aromatic carbocycles. The van der Waals surface area contributed by atoms with Crippen LogP contribution >= 0.6 is 0 Å². The van der Waals surface area contributed by atoms with Crippen LogP contribution in [-0.2, 0) is 9.59 Å². The Morgan fingerprint density at radius 1 is 1.33 bits per heavy atom. The molecular weight excluding hydrogens is 118 g/mol. The van der Waals surface area contributed by atoms with Crippen LogP contribution in [0.25, 0.3) is 0 Å². The van der Waals surface area contributed by atoms with Crippen LogP contribution < -0.4 is 5.32 Å². The lowest BCUT2D eigenvalue weighted by Crippen LogP contribution is -2.24. The van der Waals surface area contributed by atoms with Crippen molar-refractivity contribution in [3.8, 4) is 0 Å². The number of nitrogens with one attached hydrogen (secondary N) is 1.